The fourth-order valence-electron chi connectivity index (χ4n) is 3.03. The summed E-state index contributed by atoms with van der Waals surface area (Å²) in [4.78, 5) is 12.4. The molecule has 1 heterocycles. The van der Waals surface area contributed by atoms with E-state index in [9.17, 15) is 10.1 Å². The van der Waals surface area contributed by atoms with Gasteiger partial charge in [0.25, 0.3) is 5.91 Å². The lowest BCUT2D eigenvalue weighted by Crippen LogP contribution is -2.34. The van der Waals surface area contributed by atoms with E-state index >= 15 is 0 Å². The normalized spacial score (nSPS) is 12.4. The van der Waals surface area contributed by atoms with Crippen molar-refractivity contribution in [1.29, 1.82) is 5.26 Å². The number of hydrogen-bond acceptors (Lipinski definition) is 4. The van der Waals surface area contributed by atoms with Gasteiger partial charge in [-0.15, -0.1) is 0 Å². The third kappa shape index (κ3) is 5.02. The predicted octanol–water partition coefficient (Wildman–Crippen LogP) is 3.55. The summed E-state index contributed by atoms with van der Waals surface area (Å²) in [5.74, 6) is 0.415. The number of nitrogens with zero attached hydrogens (tertiary/aromatic N) is 2. The van der Waals surface area contributed by atoms with Gasteiger partial charge in [0.15, 0.2) is 0 Å². The molecule has 1 amide bonds. The quantitative estimate of drug-likeness (QED) is 0.560. The van der Waals surface area contributed by atoms with E-state index in [1.54, 1.807) is 20.3 Å². The minimum Gasteiger partial charge on any atom is -0.497 e. The molecule has 0 aliphatic heterocycles. The van der Waals surface area contributed by atoms with Crippen molar-refractivity contribution < 1.29 is 14.3 Å². The molecule has 6 heteroatoms. The van der Waals surface area contributed by atoms with Crippen LogP contribution in [0.1, 0.15) is 30.3 Å². The van der Waals surface area contributed by atoms with Crippen LogP contribution in [0.3, 0.4) is 0 Å². The topological polar surface area (TPSA) is 76.3 Å². The number of carbonyl (C=O) groups excluding carboxylic acids is 1. The van der Waals surface area contributed by atoms with Crippen LogP contribution in [0.25, 0.3) is 11.8 Å². The van der Waals surface area contributed by atoms with Gasteiger partial charge in [0.1, 0.15) is 17.4 Å². The summed E-state index contributed by atoms with van der Waals surface area (Å²) >= 11 is 0. The summed E-state index contributed by atoms with van der Waals surface area (Å²) in [6.07, 6.45) is 2.33. The fraction of sp³-hybridized carbons (Fsp3) is 0.364. The van der Waals surface area contributed by atoms with E-state index in [4.69, 9.17) is 9.47 Å². The first kappa shape index (κ1) is 21.3. The number of ether oxygens (including phenoxy) is 2. The molecule has 0 saturated carbocycles. The minimum absolute atomic E-state index is 0.0732. The zero-order chi connectivity index (χ0) is 20.7. The Balaban J connectivity index is 2.29. The van der Waals surface area contributed by atoms with Gasteiger partial charge < -0.3 is 19.4 Å². The third-order valence-corrected chi connectivity index (χ3v) is 4.60. The Bertz CT molecular complexity index is 889. The van der Waals surface area contributed by atoms with E-state index in [0.29, 0.717) is 13.0 Å². The number of carbonyl (C=O) groups is 1. The van der Waals surface area contributed by atoms with Crippen molar-refractivity contribution >= 4 is 12.0 Å². The van der Waals surface area contributed by atoms with Crippen molar-refractivity contribution in [1.82, 2.24) is 9.88 Å². The lowest BCUT2D eigenvalue weighted by molar-refractivity contribution is -0.117. The predicted molar refractivity (Wildman–Crippen MR) is 109 cm³/mol. The van der Waals surface area contributed by atoms with E-state index in [1.807, 2.05) is 57.2 Å². The summed E-state index contributed by atoms with van der Waals surface area (Å²) < 4.78 is 12.3. The number of benzene rings is 1. The summed E-state index contributed by atoms with van der Waals surface area (Å²) in [6.45, 7) is 6.40. The molecule has 0 saturated heterocycles. The van der Waals surface area contributed by atoms with E-state index in [-0.39, 0.29) is 17.5 Å². The molecule has 2 rings (SSSR count). The van der Waals surface area contributed by atoms with Gasteiger partial charge >= 0.3 is 0 Å². The van der Waals surface area contributed by atoms with Crippen LogP contribution in [0.15, 0.2) is 35.9 Å². The van der Waals surface area contributed by atoms with Crippen molar-refractivity contribution in [3.8, 4) is 17.5 Å². The number of amides is 1. The number of methoxy groups -OCH3 is 2. The standard InChI is InChI=1S/C22H27N3O3/c1-15(10-11-27-4)24-22(26)19(14-23)13-18-12-16(2)25(17(18)3)20-6-8-21(28-5)9-7-20/h6-9,12-13,15H,10-11H2,1-5H3,(H,24,26)/b19-13+. The SMILES string of the molecule is COCCC(C)NC(=O)/C(C#N)=C/c1cc(C)n(-c2ccc(OC)cc2)c1C. The van der Waals surface area contributed by atoms with Crippen LogP contribution >= 0.6 is 0 Å². The molecule has 0 bridgehead atoms. The minimum atomic E-state index is -0.375. The monoisotopic (exact) mass is 381 g/mol. The van der Waals surface area contributed by atoms with Crippen LogP contribution in [0.4, 0.5) is 0 Å². The summed E-state index contributed by atoms with van der Waals surface area (Å²) in [5.41, 5.74) is 3.88. The van der Waals surface area contributed by atoms with Gasteiger partial charge in [-0.2, -0.15) is 5.26 Å². The lowest BCUT2D eigenvalue weighted by atomic mass is 10.1. The van der Waals surface area contributed by atoms with Gasteiger partial charge in [-0.25, -0.2) is 0 Å². The van der Waals surface area contributed by atoms with Crippen LogP contribution in [0, 0.1) is 25.2 Å². The number of aryl methyl sites for hydroxylation is 1. The lowest BCUT2D eigenvalue weighted by Gasteiger charge is -2.13. The smallest absolute Gasteiger partial charge is 0.262 e. The van der Waals surface area contributed by atoms with Crippen LogP contribution in [0.5, 0.6) is 5.75 Å². The number of aromatic nitrogens is 1. The van der Waals surface area contributed by atoms with Crippen molar-refractivity contribution in [2.24, 2.45) is 0 Å². The van der Waals surface area contributed by atoms with E-state index in [1.165, 1.54) is 0 Å². The zero-order valence-electron chi connectivity index (χ0n) is 17.1. The van der Waals surface area contributed by atoms with Gasteiger partial charge in [0.05, 0.1) is 7.11 Å². The zero-order valence-corrected chi connectivity index (χ0v) is 17.1. The van der Waals surface area contributed by atoms with Crippen molar-refractivity contribution in [2.45, 2.75) is 33.2 Å². The van der Waals surface area contributed by atoms with Gasteiger partial charge in [-0.1, -0.05) is 0 Å². The molecule has 28 heavy (non-hydrogen) atoms. The molecule has 0 radical (unpaired) electrons. The maximum Gasteiger partial charge on any atom is 0.262 e. The first-order chi connectivity index (χ1) is 13.4. The number of hydrogen-bond donors (Lipinski definition) is 1. The van der Waals surface area contributed by atoms with Crippen LogP contribution in [0.2, 0.25) is 0 Å². The summed E-state index contributed by atoms with van der Waals surface area (Å²) in [7, 11) is 3.25. The highest BCUT2D eigenvalue weighted by atomic mass is 16.5. The number of rotatable bonds is 8. The maximum atomic E-state index is 12.4. The molecule has 1 N–H and O–H groups in total. The molecule has 1 aromatic carbocycles. The van der Waals surface area contributed by atoms with E-state index in [0.717, 1.165) is 28.4 Å². The van der Waals surface area contributed by atoms with Crippen LogP contribution in [-0.4, -0.2) is 37.3 Å². The highest BCUT2D eigenvalue weighted by Gasteiger charge is 2.15. The fourth-order valence-corrected chi connectivity index (χ4v) is 3.03. The van der Waals surface area contributed by atoms with Crippen LogP contribution < -0.4 is 10.1 Å². The molecular weight excluding hydrogens is 354 g/mol. The van der Waals surface area contributed by atoms with Gasteiger partial charge in [-0.3, -0.25) is 4.79 Å². The molecule has 1 aromatic heterocycles. The summed E-state index contributed by atoms with van der Waals surface area (Å²) in [5, 5.41) is 12.3. The first-order valence-electron chi connectivity index (χ1n) is 9.16. The molecule has 2 aromatic rings. The molecule has 148 valence electrons. The van der Waals surface area contributed by atoms with Crippen molar-refractivity contribution in [3.05, 3.63) is 52.9 Å². The Morgan fingerprint density at radius 2 is 1.96 bits per heavy atom. The highest BCUT2D eigenvalue weighted by molar-refractivity contribution is 6.02. The first-order valence-corrected chi connectivity index (χ1v) is 9.16. The average Bonchev–Trinajstić information content (AvgIpc) is 2.97. The van der Waals surface area contributed by atoms with Gasteiger partial charge in [0.2, 0.25) is 0 Å². The third-order valence-electron chi connectivity index (χ3n) is 4.60. The second-order valence-electron chi connectivity index (χ2n) is 6.69. The second-order valence-corrected chi connectivity index (χ2v) is 6.69. The van der Waals surface area contributed by atoms with Crippen molar-refractivity contribution in [3.63, 3.8) is 0 Å². The number of nitriles is 1. The highest BCUT2D eigenvalue weighted by Crippen LogP contribution is 2.24. The van der Waals surface area contributed by atoms with Gasteiger partial charge in [0, 0.05) is 36.8 Å². The molecule has 0 fully saturated rings. The van der Waals surface area contributed by atoms with E-state index < -0.39 is 0 Å². The number of nitrogens with one attached hydrogen (secondary N) is 1. The van der Waals surface area contributed by atoms with Crippen LogP contribution in [-0.2, 0) is 9.53 Å². The Morgan fingerprint density at radius 1 is 1.29 bits per heavy atom. The Hall–Kier alpha value is -3.04. The average molecular weight is 381 g/mol. The molecule has 6 nitrogen and oxygen atoms in total. The largest absolute Gasteiger partial charge is 0.497 e. The molecule has 0 aliphatic rings. The maximum absolute atomic E-state index is 12.4. The summed E-state index contributed by atoms with van der Waals surface area (Å²) in [6, 6.07) is 11.7. The molecule has 1 atom stereocenters. The second kappa shape index (κ2) is 9.77. The molecule has 0 aliphatic carbocycles. The molecule has 1 unspecified atom stereocenters. The Kier molecular flexibility index (Phi) is 7.42. The Morgan fingerprint density at radius 3 is 2.54 bits per heavy atom. The Labute approximate surface area is 166 Å². The molecule has 0 spiro atoms. The van der Waals surface area contributed by atoms with Gasteiger partial charge in [-0.05, 0) is 69.2 Å². The molecular formula is C22H27N3O3. The van der Waals surface area contributed by atoms with Crippen molar-refractivity contribution in [2.75, 3.05) is 20.8 Å². The van der Waals surface area contributed by atoms with E-state index in [2.05, 4.69) is 9.88 Å².